The minimum atomic E-state index is 0.425. The number of rotatable bonds is 5. The molecule has 0 aliphatic rings. The van der Waals surface area contributed by atoms with Crippen LogP contribution in [0, 0.1) is 11.3 Å². The largest absolute Gasteiger partial charge is 0.494 e. The number of hydrogen-bond donors (Lipinski definition) is 0. The van der Waals surface area contributed by atoms with Crippen molar-refractivity contribution in [3.63, 3.8) is 0 Å². The van der Waals surface area contributed by atoms with Crippen molar-refractivity contribution in [2.75, 3.05) is 6.61 Å². The van der Waals surface area contributed by atoms with E-state index in [1.807, 2.05) is 18.2 Å². The van der Waals surface area contributed by atoms with Crippen LogP contribution in [-0.4, -0.2) is 11.6 Å². The quantitative estimate of drug-likeness (QED) is 0.781. The van der Waals surface area contributed by atoms with Gasteiger partial charge in [-0.05, 0) is 42.7 Å². The summed E-state index contributed by atoms with van der Waals surface area (Å²) in [5.41, 5.74) is 1.71. The van der Waals surface area contributed by atoms with Crippen LogP contribution in [0.15, 0.2) is 42.7 Å². The molecule has 1 aromatic heterocycles. The number of aryl methyl sites for hydroxylation is 1. The molecule has 0 radical (unpaired) electrons. The first kappa shape index (κ1) is 13.4. The highest BCUT2D eigenvalue weighted by molar-refractivity contribution is 6.31. The van der Waals surface area contributed by atoms with Gasteiger partial charge >= 0.3 is 0 Å². The Labute approximate surface area is 117 Å². The number of aromatic nitrogens is 1. The molecule has 0 amide bonds. The van der Waals surface area contributed by atoms with Crippen LogP contribution in [0.5, 0.6) is 5.75 Å². The zero-order chi connectivity index (χ0) is 13.5. The Morgan fingerprint density at radius 2 is 2.00 bits per heavy atom. The zero-order valence-corrected chi connectivity index (χ0v) is 11.1. The Bertz CT molecular complexity index is 578. The van der Waals surface area contributed by atoms with Crippen molar-refractivity contribution in [1.29, 1.82) is 5.26 Å². The second-order valence-electron chi connectivity index (χ2n) is 4.06. The van der Waals surface area contributed by atoms with Crippen molar-refractivity contribution >= 4 is 11.6 Å². The van der Waals surface area contributed by atoms with Crippen molar-refractivity contribution in [3.05, 3.63) is 58.9 Å². The number of nitriles is 1. The molecule has 0 atom stereocenters. The van der Waals surface area contributed by atoms with E-state index in [1.165, 1.54) is 5.56 Å². The van der Waals surface area contributed by atoms with Crippen LogP contribution in [0.1, 0.15) is 17.5 Å². The molecule has 0 saturated heterocycles. The summed E-state index contributed by atoms with van der Waals surface area (Å²) in [5.74, 6) is 0.693. The SMILES string of the molecule is N#Cc1ccc(OCCCc2ccncc2)cc1Cl. The van der Waals surface area contributed by atoms with Crippen molar-refractivity contribution < 1.29 is 4.74 Å². The fraction of sp³-hybridized carbons (Fsp3) is 0.200. The third kappa shape index (κ3) is 3.97. The Kier molecular flexibility index (Phi) is 4.77. The van der Waals surface area contributed by atoms with Gasteiger partial charge < -0.3 is 4.74 Å². The smallest absolute Gasteiger partial charge is 0.120 e. The molecule has 2 aromatic rings. The summed E-state index contributed by atoms with van der Waals surface area (Å²) < 4.78 is 5.60. The molecule has 0 saturated carbocycles. The summed E-state index contributed by atoms with van der Waals surface area (Å²) in [4.78, 5) is 3.97. The number of nitrogens with zero attached hydrogens (tertiary/aromatic N) is 2. The predicted octanol–water partition coefficient (Wildman–Crippen LogP) is 3.62. The molecule has 0 aliphatic heterocycles. The normalized spacial score (nSPS) is 9.89. The van der Waals surface area contributed by atoms with Crippen molar-refractivity contribution in [2.24, 2.45) is 0 Å². The number of benzene rings is 1. The van der Waals surface area contributed by atoms with Gasteiger partial charge in [0, 0.05) is 18.5 Å². The Morgan fingerprint density at radius 1 is 1.21 bits per heavy atom. The Balaban J connectivity index is 1.80. The zero-order valence-electron chi connectivity index (χ0n) is 10.3. The van der Waals surface area contributed by atoms with Crippen LogP contribution >= 0.6 is 11.6 Å². The molecule has 3 nitrogen and oxygen atoms in total. The molecule has 0 aliphatic carbocycles. The van der Waals surface area contributed by atoms with E-state index >= 15 is 0 Å². The lowest BCUT2D eigenvalue weighted by atomic mass is 10.1. The lowest BCUT2D eigenvalue weighted by molar-refractivity contribution is 0.311. The highest BCUT2D eigenvalue weighted by Crippen LogP contribution is 2.22. The molecule has 96 valence electrons. The van der Waals surface area contributed by atoms with E-state index in [9.17, 15) is 0 Å². The van der Waals surface area contributed by atoms with E-state index in [4.69, 9.17) is 21.6 Å². The van der Waals surface area contributed by atoms with E-state index in [1.54, 1.807) is 30.6 Å². The number of halogens is 1. The maximum absolute atomic E-state index is 8.77. The van der Waals surface area contributed by atoms with Crippen LogP contribution in [-0.2, 0) is 6.42 Å². The molecule has 1 heterocycles. The first-order valence-corrected chi connectivity index (χ1v) is 6.39. The predicted molar refractivity (Wildman–Crippen MR) is 74.2 cm³/mol. The average Bonchev–Trinajstić information content (AvgIpc) is 2.45. The van der Waals surface area contributed by atoms with Gasteiger partial charge in [-0.2, -0.15) is 5.26 Å². The summed E-state index contributed by atoms with van der Waals surface area (Å²) in [5, 5.41) is 9.19. The van der Waals surface area contributed by atoms with Crippen LogP contribution in [0.3, 0.4) is 0 Å². The number of pyridine rings is 1. The monoisotopic (exact) mass is 272 g/mol. The summed E-state index contributed by atoms with van der Waals surface area (Å²) in [7, 11) is 0. The van der Waals surface area contributed by atoms with Gasteiger partial charge in [-0.3, -0.25) is 4.98 Å². The molecule has 4 heteroatoms. The maximum atomic E-state index is 8.77. The molecule has 19 heavy (non-hydrogen) atoms. The van der Waals surface area contributed by atoms with Crippen LogP contribution < -0.4 is 4.74 Å². The second-order valence-corrected chi connectivity index (χ2v) is 4.47. The van der Waals surface area contributed by atoms with Gasteiger partial charge in [0.1, 0.15) is 11.8 Å². The van der Waals surface area contributed by atoms with Crippen LogP contribution in [0.4, 0.5) is 0 Å². The lowest BCUT2D eigenvalue weighted by Crippen LogP contribution is -1.99. The minimum absolute atomic E-state index is 0.425. The van der Waals surface area contributed by atoms with Crippen LogP contribution in [0.25, 0.3) is 0 Å². The number of hydrogen-bond acceptors (Lipinski definition) is 3. The van der Waals surface area contributed by atoms with Gasteiger partial charge in [-0.25, -0.2) is 0 Å². The first-order chi connectivity index (χ1) is 9.29. The standard InChI is InChI=1S/C15H13ClN2O/c16-15-10-14(4-3-13(15)11-17)19-9-1-2-12-5-7-18-8-6-12/h3-8,10H,1-2,9H2. The highest BCUT2D eigenvalue weighted by atomic mass is 35.5. The van der Waals surface area contributed by atoms with Gasteiger partial charge in [-0.15, -0.1) is 0 Å². The summed E-state index contributed by atoms with van der Waals surface area (Å²) in [6.45, 7) is 0.616. The average molecular weight is 273 g/mol. The molecule has 0 unspecified atom stereocenters. The van der Waals surface area contributed by atoms with Crippen molar-refractivity contribution in [3.8, 4) is 11.8 Å². The lowest BCUT2D eigenvalue weighted by Gasteiger charge is -2.07. The fourth-order valence-corrected chi connectivity index (χ4v) is 1.90. The van der Waals surface area contributed by atoms with Gasteiger partial charge in [0.05, 0.1) is 17.2 Å². The fourth-order valence-electron chi connectivity index (χ4n) is 1.69. The van der Waals surface area contributed by atoms with Gasteiger partial charge in [-0.1, -0.05) is 11.6 Å². The number of ether oxygens (including phenoxy) is 1. The Morgan fingerprint density at radius 3 is 2.68 bits per heavy atom. The highest BCUT2D eigenvalue weighted by Gasteiger charge is 2.01. The third-order valence-electron chi connectivity index (χ3n) is 2.69. The molecule has 1 aromatic carbocycles. The molecule has 2 rings (SSSR count). The first-order valence-electron chi connectivity index (χ1n) is 6.01. The van der Waals surface area contributed by atoms with Gasteiger partial charge in [0.15, 0.2) is 0 Å². The molecule has 0 bridgehead atoms. The van der Waals surface area contributed by atoms with Gasteiger partial charge in [0.2, 0.25) is 0 Å². The maximum Gasteiger partial charge on any atom is 0.120 e. The molecular weight excluding hydrogens is 260 g/mol. The summed E-state index contributed by atoms with van der Waals surface area (Å²) >= 11 is 5.93. The van der Waals surface area contributed by atoms with E-state index < -0.39 is 0 Å². The Hall–Kier alpha value is -2.05. The molecule has 0 spiro atoms. The van der Waals surface area contributed by atoms with E-state index in [0.29, 0.717) is 22.9 Å². The molecule has 0 fully saturated rings. The topological polar surface area (TPSA) is 45.9 Å². The third-order valence-corrected chi connectivity index (χ3v) is 3.00. The van der Waals surface area contributed by atoms with Crippen molar-refractivity contribution in [2.45, 2.75) is 12.8 Å². The van der Waals surface area contributed by atoms with E-state index in [2.05, 4.69) is 4.98 Å². The summed E-state index contributed by atoms with van der Waals surface area (Å²) in [6.07, 6.45) is 5.45. The second kappa shape index (κ2) is 6.77. The van der Waals surface area contributed by atoms with Crippen molar-refractivity contribution in [1.82, 2.24) is 4.98 Å². The molecular formula is C15H13ClN2O. The van der Waals surface area contributed by atoms with Crippen LogP contribution in [0.2, 0.25) is 5.02 Å². The van der Waals surface area contributed by atoms with Gasteiger partial charge in [0.25, 0.3) is 0 Å². The molecule has 0 N–H and O–H groups in total. The summed E-state index contributed by atoms with van der Waals surface area (Å²) in [6, 6.07) is 11.1. The van der Waals surface area contributed by atoms with E-state index in [-0.39, 0.29) is 0 Å². The van der Waals surface area contributed by atoms with E-state index in [0.717, 1.165) is 12.8 Å². The minimum Gasteiger partial charge on any atom is -0.494 e.